The van der Waals surface area contributed by atoms with Crippen molar-refractivity contribution in [1.29, 1.82) is 0 Å². The van der Waals surface area contributed by atoms with Crippen LogP contribution in [0.1, 0.15) is 48.1 Å². The molecular formula is C17H19FN2S. The van der Waals surface area contributed by atoms with Crippen LogP contribution in [-0.2, 0) is 12.0 Å². The Hall–Kier alpha value is -1.26. The fourth-order valence-electron chi connectivity index (χ4n) is 3.79. The van der Waals surface area contributed by atoms with E-state index in [9.17, 15) is 4.39 Å². The molecule has 21 heavy (non-hydrogen) atoms. The third-order valence-corrected chi connectivity index (χ3v) is 6.10. The van der Waals surface area contributed by atoms with Crippen molar-refractivity contribution in [1.82, 2.24) is 4.98 Å². The first kappa shape index (κ1) is 13.4. The molecule has 1 aromatic carbocycles. The maximum Gasteiger partial charge on any atom is 0.123 e. The third kappa shape index (κ3) is 2.12. The monoisotopic (exact) mass is 302 g/mol. The molecule has 4 rings (SSSR count). The van der Waals surface area contributed by atoms with Crippen molar-refractivity contribution < 1.29 is 4.39 Å². The Morgan fingerprint density at radius 2 is 2.29 bits per heavy atom. The molecule has 4 heteroatoms. The van der Waals surface area contributed by atoms with Crippen molar-refractivity contribution >= 4 is 11.3 Å². The summed E-state index contributed by atoms with van der Waals surface area (Å²) in [7, 11) is 0. The summed E-state index contributed by atoms with van der Waals surface area (Å²) in [5.41, 5.74) is 9.58. The third-order valence-electron chi connectivity index (χ3n) is 4.83. The van der Waals surface area contributed by atoms with Crippen LogP contribution in [0.5, 0.6) is 0 Å². The van der Waals surface area contributed by atoms with Crippen molar-refractivity contribution in [2.45, 2.75) is 44.6 Å². The molecule has 1 aromatic heterocycles. The molecule has 0 spiro atoms. The van der Waals surface area contributed by atoms with Crippen LogP contribution >= 0.6 is 11.3 Å². The Kier molecular flexibility index (Phi) is 2.95. The minimum atomic E-state index is -0.257. The quantitative estimate of drug-likeness (QED) is 0.731. The number of rotatable bonds is 1. The highest BCUT2D eigenvalue weighted by molar-refractivity contribution is 7.12. The van der Waals surface area contributed by atoms with E-state index in [1.807, 2.05) is 6.07 Å². The van der Waals surface area contributed by atoms with E-state index in [2.05, 4.69) is 6.92 Å². The van der Waals surface area contributed by atoms with Gasteiger partial charge in [0.2, 0.25) is 0 Å². The Balaban J connectivity index is 1.73. The molecule has 2 aromatic rings. The molecule has 0 aliphatic heterocycles. The number of aromatic nitrogens is 1. The van der Waals surface area contributed by atoms with Gasteiger partial charge in [-0.15, -0.1) is 11.3 Å². The highest BCUT2D eigenvalue weighted by Gasteiger charge is 2.37. The fraction of sp³-hybridized carbons (Fsp3) is 0.471. The zero-order valence-corrected chi connectivity index (χ0v) is 13.0. The predicted octanol–water partition coefficient (Wildman–Crippen LogP) is 4.22. The van der Waals surface area contributed by atoms with Gasteiger partial charge in [-0.05, 0) is 42.5 Å². The largest absolute Gasteiger partial charge is 0.319 e. The number of nitrogens with zero attached hydrogens (tertiary/aromatic N) is 1. The summed E-state index contributed by atoms with van der Waals surface area (Å²) in [6.07, 6.45) is 5.30. The first-order chi connectivity index (χ1) is 10.0. The maximum atomic E-state index is 13.3. The summed E-state index contributed by atoms with van der Waals surface area (Å²) in [6.45, 7) is 2.28. The van der Waals surface area contributed by atoms with Crippen LogP contribution in [0.2, 0.25) is 0 Å². The highest BCUT2D eigenvalue weighted by Crippen LogP contribution is 2.45. The van der Waals surface area contributed by atoms with Crippen LogP contribution in [0, 0.1) is 11.7 Å². The Morgan fingerprint density at radius 1 is 1.43 bits per heavy atom. The number of hydrogen-bond donors (Lipinski definition) is 1. The van der Waals surface area contributed by atoms with E-state index < -0.39 is 0 Å². The zero-order valence-electron chi connectivity index (χ0n) is 12.2. The van der Waals surface area contributed by atoms with Gasteiger partial charge in [0, 0.05) is 16.9 Å². The van der Waals surface area contributed by atoms with Gasteiger partial charge in [-0.25, -0.2) is 9.37 Å². The molecule has 2 aliphatic rings. The standard InChI is InChI=1S/C17H19FN2S/c1-10-3-2-6-17(19,9-10)16-20-15-13-5-4-12(18)7-11(13)8-14(15)21-16/h4-5,7,10H,2-3,6,8-9,19H2,1H3. The molecule has 0 bridgehead atoms. The van der Waals surface area contributed by atoms with E-state index >= 15 is 0 Å². The SMILES string of the molecule is CC1CCCC(N)(c2nc3c(s2)Cc2cc(F)ccc2-3)C1. The van der Waals surface area contributed by atoms with Crippen molar-refractivity contribution in [3.63, 3.8) is 0 Å². The van der Waals surface area contributed by atoms with Gasteiger partial charge >= 0.3 is 0 Å². The van der Waals surface area contributed by atoms with Crippen molar-refractivity contribution in [2.24, 2.45) is 11.7 Å². The molecule has 1 fully saturated rings. The summed E-state index contributed by atoms with van der Waals surface area (Å²) in [6, 6.07) is 5.00. The van der Waals surface area contributed by atoms with Crippen molar-refractivity contribution in [3.8, 4) is 11.3 Å². The molecule has 0 radical (unpaired) electrons. The van der Waals surface area contributed by atoms with E-state index in [4.69, 9.17) is 10.7 Å². The lowest BCUT2D eigenvalue weighted by molar-refractivity contribution is 0.238. The molecule has 0 saturated heterocycles. The van der Waals surface area contributed by atoms with Crippen LogP contribution in [0.25, 0.3) is 11.3 Å². The second-order valence-electron chi connectivity index (χ2n) is 6.63. The van der Waals surface area contributed by atoms with Crippen molar-refractivity contribution in [2.75, 3.05) is 0 Å². The zero-order chi connectivity index (χ0) is 14.6. The van der Waals surface area contributed by atoms with E-state index in [0.29, 0.717) is 5.92 Å². The molecule has 1 saturated carbocycles. The molecule has 2 N–H and O–H groups in total. The Bertz CT molecular complexity index is 709. The number of halogens is 1. The second kappa shape index (κ2) is 4.62. The molecule has 2 aliphatic carbocycles. The average molecular weight is 302 g/mol. The van der Waals surface area contributed by atoms with Gasteiger partial charge in [-0.2, -0.15) is 0 Å². The van der Waals surface area contributed by atoms with Crippen LogP contribution in [-0.4, -0.2) is 4.98 Å². The van der Waals surface area contributed by atoms with Crippen LogP contribution in [0.15, 0.2) is 18.2 Å². The fourth-order valence-corrected chi connectivity index (χ4v) is 5.03. The van der Waals surface area contributed by atoms with Gasteiger partial charge in [0.05, 0.1) is 11.2 Å². The highest BCUT2D eigenvalue weighted by atomic mass is 32.1. The first-order valence-corrected chi connectivity index (χ1v) is 8.45. The molecule has 2 unspecified atom stereocenters. The van der Waals surface area contributed by atoms with Gasteiger partial charge in [-0.1, -0.05) is 19.8 Å². The molecule has 1 heterocycles. The van der Waals surface area contributed by atoms with Crippen LogP contribution in [0.4, 0.5) is 4.39 Å². The molecule has 2 nitrogen and oxygen atoms in total. The maximum absolute atomic E-state index is 13.3. The summed E-state index contributed by atoms with van der Waals surface area (Å²) >= 11 is 1.73. The summed E-state index contributed by atoms with van der Waals surface area (Å²) in [5.74, 6) is 0.504. The van der Waals surface area contributed by atoms with Gasteiger partial charge in [-0.3, -0.25) is 0 Å². The Labute approximate surface area is 128 Å². The summed E-state index contributed by atoms with van der Waals surface area (Å²) in [4.78, 5) is 6.11. The topological polar surface area (TPSA) is 38.9 Å². The first-order valence-electron chi connectivity index (χ1n) is 7.63. The van der Waals surface area contributed by atoms with Crippen LogP contribution in [0.3, 0.4) is 0 Å². The lowest BCUT2D eigenvalue weighted by Gasteiger charge is -2.35. The molecule has 110 valence electrons. The van der Waals surface area contributed by atoms with Gasteiger partial charge in [0.1, 0.15) is 10.8 Å². The molecule has 2 atom stereocenters. The molecule has 0 amide bonds. The van der Waals surface area contributed by atoms with Crippen molar-refractivity contribution in [3.05, 3.63) is 39.5 Å². The lowest BCUT2D eigenvalue weighted by atomic mass is 9.77. The number of hydrogen-bond acceptors (Lipinski definition) is 3. The van der Waals surface area contributed by atoms with Crippen LogP contribution < -0.4 is 5.73 Å². The molecular weight excluding hydrogens is 283 g/mol. The van der Waals surface area contributed by atoms with Gasteiger partial charge < -0.3 is 5.73 Å². The second-order valence-corrected chi connectivity index (χ2v) is 7.71. The number of fused-ring (bicyclic) bond motifs is 3. The minimum Gasteiger partial charge on any atom is -0.319 e. The van der Waals surface area contributed by atoms with E-state index in [-0.39, 0.29) is 11.4 Å². The Morgan fingerprint density at radius 3 is 3.10 bits per heavy atom. The van der Waals surface area contributed by atoms with E-state index in [1.54, 1.807) is 17.4 Å². The van der Waals surface area contributed by atoms with E-state index in [1.165, 1.54) is 23.8 Å². The smallest absolute Gasteiger partial charge is 0.123 e. The normalized spacial score (nSPS) is 27.5. The minimum absolute atomic E-state index is 0.166. The predicted molar refractivity (Wildman–Crippen MR) is 83.8 cm³/mol. The lowest BCUT2D eigenvalue weighted by Crippen LogP contribution is -2.40. The van der Waals surface area contributed by atoms with E-state index in [0.717, 1.165) is 41.1 Å². The van der Waals surface area contributed by atoms with Gasteiger partial charge in [0.25, 0.3) is 0 Å². The number of benzene rings is 1. The number of nitrogens with two attached hydrogens (primary N) is 1. The number of thiazole rings is 1. The average Bonchev–Trinajstić information content (AvgIpc) is 2.95. The summed E-state index contributed by atoms with van der Waals surface area (Å²) < 4.78 is 13.3. The van der Waals surface area contributed by atoms with Gasteiger partial charge in [0.15, 0.2) is 0 Å². The summed E-state index contributed by atoms with van der Waals surface area (Å²) in [5, 5.41) is 1.08.